The summed E-state index contributed by atoms with van der Waals surface area (Å²) in [5, 5.41) is 10.9. The van der Waals surface area contributed by atoms with Gasteiger partial charge in [0.2, 0.25) is 5.91 Å². The average Bonchev–Trinajstić information content (AvgIpc) is 3.37. The van der Waals surface area contributed by atoms with E-state index in [1.54, 1.807) is 18.2 Å². The van der Waals surface area contributed by atoms with Crippen LogP contribution in [0, 0.1) is 16.0 Å². The van der Waals surface area contributed by atoms with E-state index < -0.39 is 14.9 Å². The molecule has 2 aromatic rings. The van der Waals surface area contributed by atoms with Gasteiger partial charge in [-0.1, -0.05) is 18.9 Å². The number of nitrogens with zero attached hydrogens (tertiary/aromatic N) is 2. The number of carbonyl (C=O) groups excluding carboxylic acids is 1. The van der Waals surface area contributed by atoms with Gasteiger partial charge in [-0.3, -0.25) is 19.6 Å². The first-order chi connectivity index (χ1) is 13.8. The molecule has 2 aliphatic rings. The minimum atomic E-state index is -3.96. The predicted octanol–water partition coefficient (Wildman–Crippen LogP) is 3.47. The van der Waals surface area contributed by atoms with Gasteiger partial charge in [-0.2, -0.15) is 0 Å². The Morgan fingerprint density at radius 2 is 1.90 bits per heavy atom. The number of rotatable bonds is 5. The lowest BCUT2D eigenvalue weighted by molar-refractivity contribution is -0.385. The Kier molecular flexibility index (Phi) is 4.99. The van der Waals surface area contributed by atoms with Gasteiger partial charge < -0.3 is 4.90 Å². The minimum absolute atomic E-state index is 0.0907. The number of hydrogen-bond acceptors (Lipinski definition) is 5. The smallest absolute Gasteiger partial charge is 0.270 e. The number of fused-ring (bicyclic) bond motifs is 1. The van der Waals surface area contributed by atoms with E-state index in [1.165, 1.54) is 18.2 Å². The van der Waals surface area contributed by atoms with Crippen LogP contribution >= 0.6 is 0 Å². The van der Waals surface area contributed by atoms with Crippen molar-refractivity contribution in [2.75, 3.05) is 16.2 Å². The number of nitrogens with one attached hydrogen (secondary N) is 1. The molecule has 1 aliphatic carbocycles. The lowest BCUT2D eigenvalue weighted by atomic mass is 10.1. The Labute approximate surface area is 168 Å². The second-order valence-corrected chi connectivity index (χ2v) is 9.11. The predicted molar refractivity (Wildman–Crippen MR) is 108 cm³/mol. The molecule has 0 bridgehead atoms. The molecule has 0 radical (unpaired) electrons. The Bertz CT molecular complexity index is 1080. The van der Waals surface area contributed by atoms with Crippen LogP contribution in [0.5, 0.6) is 0 Å². The van der Waals surface area contributed by atoms with Gasteiger partial charge in [0.1, 0.15) is 0 Å². The molecule has 152 valence electrons. The molecular weight excluding hydrogens is 394 g/mol. The fraction of sp³-hybridized carbons (Fsp3) is 0.350. The van der Waals surface area contributed by atoms with Crippen molar-refractivity contribution in [3.63, 3.8) is 0 Å². The highest BCUT2D eigenvalue weighted by molar-refractivity contribution is 7.92. The molecule has 1 saturated carbocycles. The molecule has 9 heteroatoms. The standard InChI is InChI=1S/C20H21N3O5S/c24-20(14-4-1-2-5-14)22-11-10-15-12-16(8-9-19(15)22)21-29(27,28)18-7-3-6-17(13-18)23(25)26/h3,6-9,12-14,21H,1-2,4-5,10-11H2. The summed E-state index contributed by atoms with van der Waals surface area (Å²) in [4.78, 5) is 24.7. The van der Waals surface area contributed by atoms with Gasteiger partial charge in [-0.15, -0.1) is 0 Å². The van der Waals surface area contributed by atoms with Crippen LogP contribution in [0.15, 0.2) is 47.4 Å². The largest absolute Gasteiger partial charge is 0.312 e. The monoisotopic (exact) mass is 415 g/mol. The molecule has 1 heterocycles. The highest BCUT2D eigenvalue weighted by atomic mass is 32.2. The third kappa shape index (κ3) is 3.82. The van der Waals surface area contributed by atoms with E-state index in [0.29, 0.717) is 18.7 Å². The molecule has 8 nitrogen and oxygen atoms in total. The zero-order valence-corrected chi connectivity index (χ0v) is 16.5. The zero-order valence-electron chi connectivity index (χ0n) is 15.7. The fourth-order valence-corrected chi connectivity index (χ4v) is 5.15. The number of hydrogen-bond donors (Lipinski definition) is 1. The summed E-state index contributed by atoms with van der Waals surface area (Å²) in [6.07, 6.45) is 4.72. The van der Waals surface area contributed by atoms with E-state index in [2.05, 4.69) is 4.72 Å². The quantitative estimate of drug-likeness (QED) is 0.594. The molecule has 0 atom stereocenters. The summed E-state index contributed by atoms with van der Waals surface area (Å²) < 4.78 is 27.7. The Morgan fingerprint density at radius 1 is 1.14 bits per heavy atom. The van der Waals surface area contributed by atoms with Gasteiger partial charge in [0.15, 0.2) is 0 Å². The van der Waals surface area contributed by atoms with E-state index in [-0.39, 0.29) is 22.4 Å². The maximum absolute atomic E-state index is 12.8. The van der Waals surface area contributed by atoms with Crippen molar-refractivity contribution < 1.29 is 18.1 Å². The van der Waals surface area contributed by atoms with Crippen LogP contribution in [0.1, 0.15) is 31.2 Å². The van der Waals surface area contributed by atoms with Crippen LogP contribution in [0.25, 0.3) is 0 Å². The molecule has 2 aromatic carbocycles. The van der Waals surface area contributed by atoms with Crippen molar-refractivity contribution in [1.82, 2.24) is 0 Å². The molecule has 29 heavy (non-hydrogen) atoms. The van der Waals surface area contributed by atoms with Crippen LogP contribution in [-0.4, -0.2) is 25.8 Å². The second kappa shape index (κ2) is 7.47. The third-order valence-electron chi connectivity index (χ3n) is 5.54. The van der Waals surface area contributed by atoms with Gasteiger partial charge in [-0.05, 0) is 49.1 Å². The molecular formula is C20H21N3O5S. The molecule has 1 aliphatic heterocycles. The van der Waals surface area contributed by atoms with E-state index >= 15 is 0 Å². The Morgan fingerprint density at radius 3 is 2.62 bits per heavy atom. The summed E-state index contributed by atoms with van der Waals surface area (Å²) in [5.41, 5.74) is 1.82. The topological polar surface area (TPSA) is 110 Å². The van der Waals surface area contributed by atoms with Crippen LogP contribution < -0.4 is 9.62 Å². The number of nitro benzene ring substituents is 1. The van der Waals surface area contributed by atoms with Crippen molar-refractivity contribution in [3.8, 4) is 0 Å². The number of sulfonamides is 1. The molecule has 1 N–H and O–H groups in total. The van der Waals surface area contributed by atoms with Crippen LogP contribution in [-0.2, 0) is 21.2 Å². The maximum Gasteiger partial charge on any atom is 0.270 e. The average molecular weight is 415 g/mol. The normalized spacial score (nSPS) is 16.6. The van der Waals surface area contributed by atoms with Crippen molar-refractivity contribution >= 4 is 33.0 Å². The number of benzene rings is 2. The van der Waals surface area contributed by atoms with Crippen LogP contribution in [0.2, 0.25) is 0 Å². The number of anilines is 2. The summed E-state index contributed by atoms with van der Waals surface area (Å²) in [6.45, 7) is 0.603. The summed E-state index contributed by atoms with van der Waals surface area (Å²) in [5.74, 6) is 0.249. The van der Waals surface area contributed by atoms with Crippen LogP contribution in [0.4, 0.5) is 17.1 Å². The molecule has 0 unspecified atom stereocenters. The first kappa shape index (κ1) is 19.4. The number of non-ortho nitro benzene ring substituents is 1. The lowest BCUT2D eigenvalue weighted by Crippen LogP contribution is -2.33. The first-order valence-electron chi connectivity index (χ1n) is 9.57. The minimum Gasteiger partial charge on any atom is -0.312 e. The molecule has 1 amide bonds. The van der Waals surface area contributed by atoms with Gasteiger partial charge >= 0.3 is 0 Å². The number of amides is 1. The third-order valence-corrected chi connectivity index (χ3v) is 6.92. The van der Waals surface area contributed by atoms with Gasteiger partial charge in [0.05, 0.1) is 9.82 Å². The maximum atomic E-state index is 12.8. The second-order valence-electron chi connectivity index (χ2n) is 7.42. The summed E-state index contributed by atoms with van der Waals surface area (Å²) >= 11 is 0. The Balaban J connectivity index is 1.54. The number of nitro groups is 1. The van der Waals surface area contributed by atoms with Gasteiger partial charge in [-0.25, -0.2) is 8.42 Å². The SMILES string of the molecule is O=C(C1CCCC1)N1CCc2cc(NS(=O)(=O)c3cccc([N+](=O)[O-])c3)ccc21. The Hall–Kier alpha value is -2.94. The molecule has 0 spiro atoms. The first-order valence-corrected chi connectivity index (χ1v) is 11.0. The highest BCUT2D eigenvalue weighted by Gasteiger charge is 2.32. The van der Waals surface area contributed by atoms with Crippen LogP contribution in [0.3, 0.4) is 0 Å². The highest BCUT2D eigenvalue weighted by Crippen LogP contribution is 2.35. The van der Waals surface area contributed by atoms with E-state index in [9.17, 15) is 23.3 Å². The van der Waals surface area contributed by atoms with Crippen molar-refractivity contribution in [2.24, 2.45) is 5.92 Å². The summed E-state index contributed by atoms with van der Waals surface area (Å²) in [7, 11) is -3.96. The lowest BCUT2D eigenvalue weighted by Gasteiger charge is -2.21. The summed E-state index contributed by atoms with van der Waals surface area (Å²) in [6, 6.07) is 10.0. The zero-order chi connectivity index (χ0) is 20.6. The van der Waals surface area contributed by atoms with Crippen molar-refractivity contribution in [2.45, 2.75) is 37.0 Å². The fourth-order valence-electron chi connectivity index (χ4n) is 4.07. The van der Waals surface area contributed by atoms with E-state index in [0.717, 1.165) is 43.0 Å². The molecule has 4 rings (SSSR count). The molecule has 0 aromatic heterocycles. The van der Waals surface area contributed by atoms with E-state index in [1.807, 2.05) is 4.90 Å². The van der Waals surface area contributed by atoms with Gasteiger partial charge in [0, 0.05) is 36.0 Å². The van der Waals surface area contributed by atoms with Gasteiger partial charge in [0.25, 0.3) is 15.7 Å². The number of carbonyl (C=O) groups is 1. The van der Waals surface area contributed by atoms with Crippen molar-refractivity contribution in [1.29, 1.82) is 0 Å². The van der Waals surface area contributed by atoms with Crippen molar-refractivity contribution in [3.05, 3.63) is 58.1 Å². The molecule has 1 fully saturated rings. The van der Waals surface area contributed by atoms with E-state index in [4.69, 9.17) is 0 Å². The molecule has 0 saturated heterocycles.